The van der Waals surface area contributed by atoms with E-state index in [1.807, 2.05) is 38.1 Å². The maximum absolute atomic E-state index is 10.4. The van der Waals surface area contributed by atoms with E-state index < -0.39 is 6.10 Å². The van der Waals surface area contributed by atoms with Crippen LogP contribution in [0.25, 0.3) is 0 Å². The molecule has 0 amide bonds. The molecule has 1 N–H and O–H groups in total. The van der Waals surface area contributed by atoms with Crippen LogP contribution in [0.4, 0.5) is 0 Å². The zero-order chi connectivity index (χ0) is 13.3. The number of aryl methyl sites for hydroxylation is 2. The number of hydrogen-bond acceptors (Lipinski definition) is 3. The number of benzene rings is 1. The van der Waals surface area contributed by atoms with Crippen LogP contribution in [-0.4, -0.2) is 12.2 Å². The molecule has 2 rings (SSSR count). The van der Waals surface area contributed by atoms with Crippen molar-refractivity contribution in [2.24, 2.45) is 0 Å². The van der Waals surface area contributed by atoms with E-state index in [4.69, 9.17) is 4.74 Å². The van der Waals surface area contributed by atoms with E-state index in [1.54, 1.807) is 18.4 Å². The van der Waals surface area contributed by atoms with Crippen LogP contribution in [0.2, 0.25) is 0 Å². The molecule has 0 radical (unpaired) electrons. The molecule has 1 unspecified atom stereocenters. The van der Waals surface area contributed by atoms with Gasteiger partial charge in [-0.1, -0.05) is 0 Å². The first-order valence-corrected chi connectivity index (χ1v) is 7.22. The number of thiophene rings is 1. The van der Waals surface area contributed by atoms with Gasteiger partial charge in [-0.05, 0) is 70.7 Å². The molecular formula is C14H15BrO2S. The van der Waals surface area contributed by atoms with Crippen molar-refractivity contribution in [1.29, 1.82) is 0 Å². The van der Waals surface area contributed by atoms with Crippen LogP contribution in [0.3, 0.4) is 0 Å². The van der Waals surface area contributed by atoms with Gasteiger partial charge in [0.1, 0.15) is 11.9 Å². The van der Waals surface area contributed by atoms with Crippen LogP contribution < -0.4 is 4.74 Å². The van der Waals surface area contributed by atoms with E-state index >= 15 is 0 Å². The second kappa shape index (κ2) is 5.43. The highest BCUT2D eigenvalue weighted by Crippen LogP contribution is 2.34. The van der Waals surface area contributed by atoms with Crippen molar-refractivity contribution in [3.05, 3.63) is 49.6 Å². The lowest BCUT2D eigenvalue weighted by Crippen LogP contribution is -2.01. The molecule has 0 spiro atoms. The van der Waals surface area contributed by atoms with Crippen molar-refractivity contribution in [3.8, 4) is 5.75 Å². The van der Waals surface area contributed by atoms with E-state index in [0.717, 1.165) is 31.1 Å². The molecule has 0 saturated heterocycles. The van der Waals surface area contributed by atoms with Crippen LogP contribution in [0, 0.1) is 13.8 Å². The zero-order valence-electron chi connectivity index (χ0n) is 10.5. The fourth-order valence-corrected chi connectivity index (χ4v) is 3.38. The fraction of sp³-hybridized carbons (Fsp3) is 0.286. The monoisotopic (exact) mass is 326 g/mol. The van der Waals surface area contributed by atoms with Crippen LogP contribution in [0.15, 0.2) is 28.1 Å². The van der Waals surface area contributed by atoms with Gasteiger partial charge in [-0.2, -0.15) is 0 Å². The van der Waals surface area contributed by atoms with E-state index in [0.29, 0.717) is 0 Å². The average molecular weight is 327 g/mol. The molecule has 2 nitrogen and oxygen atoms in total. The van der Waals surface area contributed by atoms with Gasteiger partial charge in [-0.15, -0.1) is 11.3 Å². The molecule has 2 aromatic rings. The third-order valence-electron chi connectivity index (χ3n) is 2.94. The second-order valence-corrected chi connectivity index (χ2v) is 6.72. The third kappa shape index (κ3) is 2.60. The highest BCUT2D eigenvalue weighted by atomic mass is 79.9. The topological polar surface area (TPSA) is 29.5 Å². The minimum Gasteiger partial charge on any atom is -0.496 e. The molecule has 0 saturated carbocycles. The van der Waals surface area contributed by atoms with Gasteiger partial charge in [-0.3, -0.25) is 0 Å². The van der Waals surface area contributed by atoms with E-state index in [2.05, 4.69) is 15.9 Å². The smallest absolute Gasteiger partial charge is 0.122 e. The molecule has 0 aliphatic carbocycles. The number of methoxy groups -OCH3 is 1. The van der Waals surface area contributed by atoms with Crippen molar-refractivity contribution >= 4 is 27.3 Å². The molecule has 0 bridgehead atoms. The predicted octanol–water partition coefficient (Wildman–Crippen LogP) is 4.22. The molecule has 0 aliphatic heterocycles. The summed E-state index contributed by atoms with van der Waals surface area (Å²) in [6, 6.07) is 7.86. The SMILES string of the molecule is COc1cc(C)c(C(O)c2ccc(Br)s2)cc1C. The Balaban J connectivity index is 2.42. The number of aliphatic hydroxyl groups is 1. The van der Waals surface area contributed by atoms with Gasteiger partial charge in [0.15, 0.2) is 0 Å². The van der Waals surface area contributed by atoms with Crippen LogP contribution in [0.1, 0.15) is 27.7 Å². The molecule has 18 heavy (non-hydrogen) atoms. The molecular weight excluding hydrogens is 312 g/mol. The Morgan fingerprint density at radius 3 is 2.50 bits per heavy atom. The zero-order valence-corrected chi connectivity index (χ0v) is 12.9. The van der Waals surface area contributed by atoms with Gasteiger partial charge in [-0.25, -0.2) is 0 Å². The Morgan fingerprint density at radius 1 is 1.22 bits per heavy atom. The number of halogens is 1. The van der Waals surface area contributed by atoms with Crippen molar-refractivity contribution in [2.45, 2.75) is 20.0 Å². The van der Waals surface area contributed by atoms with Gasteiger partial charge < -0.3 is 9.84 Å². The van der Waals surface area contributed by atoms with Crippen molar-refractivity contribution < 1.29 is 9.84 Å². The standard InChI is InChI=1S/C14H15BrO2S/c1-8-7-11(17-3)9(2)6-10(8)14(16)12-4-5-13(15)18-12/h4-7,14,16H,1-3H3. The lowest BCUT2D eigenvalue weighted by molar-refractivity contribution is 0.223. The number of aliphatic hydroxyl groups excluding tert-OH is 1. The molecule has 1 aromatic carbocycles. The molecule has 96 valence electrons. The van der Waals surface area contributed by atoms with Gasteiger partial charge in [0, 0.05) is 4.88 Å². The molecule has 0 aliphatic rings. The maximum atomic E-state index is 10.4. The lowest BCUT2D eigenvalue weighted by Gasteiger charge is -2.15. The Labute approximate surface area is 119 Å². The first-order chi connectivity index (χ1) is 8.52. The van der Waals surface area contributed by atoms with Gasteiger partial charge in [0.25, 0.3) is 0 Å². The first kappa shape index (κ1) is 13.6. The summed E-state index contributed by atoms with van der Waals surface area (Å²) in [5, 5.41) is 10.4. The van der Waals surface area contributed by atoms with Gasteiger partial charge in [0.2, 0.25) is 0 Å². The summed E-state index contributed by atoms with van der Waals surface area (Å²) in [5.74, 6) is 0.857. The fourth-order valence-electron chi connectivity index (χ4n) is 1.96. The number of ether oxygens (including phenoxy) is 1. The largest absolute Gasteiger partial charge is 0.496 e. The summed E-state index contributed by atoms with van der Waals surface area (Å²) in [4.78, 5) is 0.939. The molecule has 0 fully saturated rings. The minimum atomic E-state index is -0.578. The summed E-state index contributed by atoms with van der Waals surface area (Å²) in [6.45, 7) is 3.97. The van der Waals surface area contributed by atoms with E-state index in [1.165, 1.54) is 0 Å². The van der Waals surface area contributed by atoms with Crippen LogP contribution >= 0.6 is 27.3 Å². The van der Waals surface area contributed by atoms with E-state index in [9.17, 15) is 5.11 Å². The average Bonchev–Trinajstić information content (AvgIpc) is 2.77. The molecule has 4 heteroatoms. The van der Waals surface area contributed by atoms with Crippen molar-refractivity contribution in [2.75, 3.05) is 7.11 Å². The number of rotatable bonds is 3. The number of hydrogen-bond donors (Lipinski definition) is 1. The summed E-state index contributed by atoms with van der Waals surface area (Å²) >= 11 is 4.97. The predicted molar refractivity (Wildman–Crippen MR) is 78.5 cm³/mol. The van der Waals surface area contributed by atoms with Crippen molar-refractivity contribution in [1.82, 2.24) is 0 Å². The Hall–Kier alpha value is -0.840. The Bertz CT molecular complexity index is 563. The highest BCUT2D eigenvalue weighted by molar-refractivity contribution is 9.11. The molecule has 1 aromatic heterocycles. The summed E-state index contributed by atoms with van der Waals surface area (Å²) < 4.78 is 6.31. The summed E-state index contributed by atoms with van der Waals surface area (Å²) in [7, 11) is 1.66. The maximum Gasteiger partial charge on any atom is 0.122 e. The molecule has 1 atom stereocenters. The normalized spacial score (nSPS) is 12.5. The van der Waals surface area contributed by atoms with Gasteiger partial charge >= 0.3 is 0 Å². The summed E-state index contributed by atoms with van der Waals surface area (Å²) in [6.07, 6.45) is -0.578. The second-order valence-electron chi connectivity index (χ2n) is 4.22. The van der Waals surface area contributed by atoms with Crippen molar-refractivity contribution in [3.63, 3.8) is 0 Å². The Morgan fingerprint density at radius 2 is 1.94 bits per heavy atom. The van der Waals surface area contributed by atoms with Crippen LogP contribution in [0.5, 0.6) is 5.75 Å². The quantitative estimate of drug-likeness (QED) is 0.915. The van der Waals surface area contributed by atoms with E-state index in [-0.39, 0.29) is 0 Å². The molecule has 1 heterocycles. The summed E-state index contributed by atoms with van der Waals surface area (Å²) in [5.41, 5.74) is 3.00. The minimum absolute atomic E-state index is 0.578. The van der Waals surface area contributed by atoms with Crippen LogP contribution in [-0.2, 0) is 0 Å². The first-order valence-electron chi connectivity index (χ1n) is 5.61. The lowest BCUT2D eigenvalue weighted by atomic mass is 9.99. The highest BCUT2D eigenvalue weighted by Gasteiger charge is 2.16. The Kier molecular flexibility index (Phi) is 4.10. The van der Waals surface area contributed by atoms with Gasteiger partial charge in [0.05, 0.1) is 10.9 Å². The third-order valence-corrected chi connectivity index (χ3v) is 4.62.